The second kappa shape index (κ2) is 12.3. The molecule has 4 amide bonds. The molecule has 2 N–H and O–H groups in total. The molecule has 1 saturated carbocycles. The number of ether oxygens (including phenoxy) is 2. The zero-order chi connectivity index (χ0) is 29.3. The van der Waals surface area contributed by atoms with Crippen LogP contribution in [0, 0.1) is 17.3 Å². The summed E-state index contributed by atoms with van der Waals surface area (Å²) in [5.41, 5.74) is 1.30. The maximum absolute atomic E-state index is 12.6. The molecule has 1 aliphatic carbocycles. The summed E-state index contributed by atoms with van der Waals surface area (Å²) in [7, 11) is 0. The van der Waals surface area contributed by atoms with Gasteiger partial charge >= 0.3 is 0 Å². The molecule has 1 atom stereocenters. The normalized spacial score (nSPS) is 26.4. The van der Waals surface area contributed by atoms with Crippen LogP contribution in [0.4, 0.5) is 0 Å². The van der Waals surface area contributed by atoms with Crippen molar-refractivity contribution in [2.24, 2.45) is 17.3 Å². The van der Waals surface area contributed by atoms with Gasteiger partial charge in [-0.2, -0.15) is 0 Å². The highest BCUT2D eigenvalue weighted by molar-refractivity contribution is 6.05. The summed E-state index contributed by atoms with van der Waals surface area (Å²) in [6, 6.07) is 5.00. The SMILES string of the molecule is CC1(C(=O)N2CCC(C3CNC3)CC2)COC1.O=C1CCC(N2Cc3cc(OC4CCCCC4)ccc3C2=O)C(=O)N1. The van der Waals surface area contributed by atoms with Gasteiger partial charge in [-0.3, -0.25) is 24.5 Å². The van der Waals surface area contributed by atoms with E-state index in [2.05, 4.69) is 15.5 Å². The van der Waals surface area contributed by atoms with Crippen molar-refractivity contribution in [1.29, 1.82) is 0 Å². The number of carbonyl (C=O) groups is 4. The third-order valence-corrected chi connectivity index (χ3v) is 10.0. The summed E-state index contributed by atoms with van der Waals surface area (Å²) in [4.78, 5) is 52.0. The maximum Gasteiger partial charge on any atom is 0.255 e. The van der Waals surface area contributed by atoms with Gasteiger partial charge in [0.25, 0.3) is 5.91 Å². The lowest BCUT2D eigenvalue weighted by Gasteiger charge is -2.44. The van der Waals surface area contributed by atoms with Gasteiger partial charge in [-0.1, -0.05) is 6.42 Å². The predicted molar refractivity (Wildman–Crippen MR) is 155 cm³/mol. The van der Waals surface area contributed by atoms with Gasteiger partial charge in [0.15, 0.2) is 0 Å². The summed E-state index contributed by atoms with van der Waals surface area (Å²) in [5.74, 6) is 2.02. The number of hydrogen-bond donors (Lipinski definition) is 2. The van der Waals surface area contributed by atoms with Crippen molar-refractivity contribution in [2.75, 3.05) is 39.4 Å². The summed E-state index contributed by atoms with van der Waals surface area (Å²) in [6.45, 7) is 7.92. The highest BCUT2D eigenvalue weighted by Crippen LogP contribution is 2.34. The molecule has 1 unspecified atom stereocenters. The van der Waals surface area contributed by atoms with Gasteiger partial charge in [0.05, 0.1) is 24.7 Å². The van der Waals surface area contributed by atoms with E-state index < -0.39 is 6.04 Å². The minimum atomic E-state index is -0.569. The van der Waals surface area contributed by atoms with Gasteiger partial charge in [0.1, 0.15) is 11.8 Å². The molecular weight excluding hydrogens is 536 g/mol. The highest BCUT2D eigenvalue weighted by atomic mass is 16.5. The van der Waals surface area contributed by atoms with Crippen molar-refractivity contribution < 1.29 is 28.7 Å². The van der Waals surface area contributed by atoms with E-state index in [1.54, 1.807) is 11.0 Å². The van der Waals surface area contributed by atoms with Crippen LogP contribution in [-0.2, 0) is 25.7 Å². The van der Waals surface area contributed by atoms with E-state index >= 15 is 0 Å². The number of nitrogens with zero attached hydrogens (tertiary/aromatic N) is 2. The molecule has 1 aromatic rings. The molecule has 7 rings (SSSR count). The molecule has 0 spiro atoms. The van der Waals surface area contributed by atoms with Crippen molar-refractivity contribution in [3.63, 3.8) is 0 Å². The molecule has 228 valence electrons. The van der Waals surface area contributed by atoms with E-state index in [4.69, 9.17) is 9.47 Å². The third-order valence-electron chi connectivity index (χ3n) is 10.0. The smallest absolute Gasteiger partial charge is 0.255 e. The largest absolute Gasteiger partial charge is 0.490 e. The lowest BCUT2D eigenvalue weighted by atomic mass is 9.79. The maximum atomic E-state index is 12.6. The summed E-state index contributed by atoms with van der Waals surface area (Å²) < 4.78 is 11.3. The van der Waals surface area contributed by atoms with E-state index in [1.165, 1.54) is 45.2 Å². The van der Waals surface area contributed by atoms with Crippen molar-refractivity contribution in [1.82, 2.24) is 20.4 Å². The van der Waals surface area contributed by atoms with Gasteiger partial charge in [0, 0.05) is 31.6 Å². The highest BCUT2D eigenvalue weighted by Gasteiger charge is 2.45. The van der Waals surface area contributed by atoms with E-state index in [1.807, 2.05) is 19.1 Å². The number of carbonyl (C=O) groups excluding carboxylic acids is 4. The number of rotatable bonds is 5. The molecule has 6 aliphatic rings. The number of benzene rings is 1. The zero-order valence-corrected chi connectivity index (χ0v) is 24.7. The number of imide groups is 1. The topological polar surface area (TPSA) is 117 Å². The number of hydrogen-bond acceptors (Lipinski definition) is 7. The number of likely N-dealkylation sites (tertiary alicyclic amines) is 1. The number of fused-ring (bicyclic) bond motifs is 1. The van der Waals surface area contributed by atoms with Crippen LogP contribution in [0.25, 0.3) is 0 Å². The molecule has 1 aromatic carbocycles. The van der Waals surface area contributed by atoms with Crippen molar-refractivity contribution >= 4 is 23.6 Å². The Hall–Kier alpha value is -2.98. The van der Waals surface area contributed by atoms with Gasteiger partial charge < -0.3 is 24.6 Å². The van der Waals surface area contributed by atoms with E-state index in [0.29, 0.717) is 37.6 Å². The molecule has 10 nitrogen and oxygen atoms in total. The average molecular weight is 581 g/mol. The van der Waals surface area contributed by atoms with Crippen LogP contribution in [0.3, 0.4) is 0 Å². The Kier molecular flexibility index (Phi) is 8.54. The zero-order valence-electron chi connectivity index (χ0n) is 24.7. The molecule has 4 saturated heterocycles. The van der Waals surface area contributed by atoms with Crippen molar-refractivity contribution in [2.45, 2.75) is 83.4 Å². The van der Waals surface area contributed by atoms with E-state index in [-0.39, 0.29) is 35.7 Å². The molecule has 0 aromatic heterocycles. The second-order valence-electron chi connectivity index (χ2n) is 13.2. The first kappa shape index (κ1) is 29.1. The first-order valence-corrected chi connectivity index (χ1v) is 15.8. The van der Waals surface area contributed by atoms with Crippen molar-refractivity contribution in [3.8, 4) is 5.75 Å². The second-order valence-corrected chi connectivity index (χ2v) is 13.2. The van der Waals surface area contributed by atoms with E-state index in [0.717, 1.165) is 49.1 Å². The minimum absolute atomic E-state index is 0.145. The first-order valence-electron chi connectivity index (χ1n) is 15.8. The van der Waals surface area contributed by atoms with Gasteiger partial charge in [-0.15, -0.1) is 0 Å². The average Bonchev–Trinajstić information content (AvgIpc) is 3.27. The Morgan fingerprint density at radius 2 is 1.71 bits per heavy atom. The summed E-state index contributed by atoms with van der Waals surface area (Å²) >= 11 is 0. The number of amides is 4. The molecule has 0 bridgehead atoms. The minimum Gasteiger partial charge on any atom is -0.490 e. The standard InChI is InChI=1S/C19H22N2O4.C13H22N2O2/c22-17-9-8-16(18(23)20-17)21-11-12-10-14(6-7-15(12)19(21)24)25-13-4-2-1-3-5-13;1-13(8-17-9-13)12(16)15-4-2-10(3-5-15)11-6-14-7-11/h6-7,10,13,16H,1-5,8-9,11H2,(H,20,22,23);10-11,14H,2-9H2,1H3. The molecular formula is C32H44N4O6. The molecule has 5 fully saturated rings. The number of nitrogens with one attached hydrogen (secondary N) is 2. The summed E-state index contributed by atoms with van der Waals surface area (Å²) in [6.07, 6.45) is 9.15. The third kappa shape index (κ3) is 6.06. The van der Waals surface area contributed by atoms with Crippen LogP contribution >= 0.6 is 0 Å². The fourth-order valence-electron chi connectivity index (χ4n) is 7.13. The number of piperidine rings is 2. The Morgan fingerprint density at radius 3 is 2.33 bits per heavy atom. The monoisotopic (exact) mass is 580 g/mol. The van der Waals surface area contributed by atoms with Crippen molar-refractivity contribution in [3.05, 3.63) is 29.3 Å². The van der Waals surface area contributed by atoms with Gasteiger partial charge in [-0.05, 0) is 101 Å². The lowest BCUT2D eigenvalue weighted by molar-refractivity contribution is -0.170. The van der Waals surface area contributed by atoms with Crippen LogP contribution in [0.2, 0.25) is 0 Å². The Bertz CT molecular complexity index is 1200. The molecule has 5 aliphatic heterocycles. The van der Waals surface area contributed by atoms with E-state index in [9.17, 15) is 19.2 Å². The van der Waals surface area contributed by atoms with Crippen LogP contribution in [0.1, 0.15) is 80.6 Å². The predicted octanol–water partition coefficient (Wildman–Crippen LogP) is 2.64. The first-order chi connectivity index (χ1) is 20.3. The van der Waals surface area contributed by atoms with Crippen LogP contribution < -0.4 is 15.4 Å². The Morgan fingerprint density at radius 1 is 0.976 bits per heavy atom. The Balaban J connectivity index is 0.000000162. The molecule has 0 radical (unpaired) electrons. The molecule has 10 heteroatoms. The fourth-order valence-corrected chi connectivity index (χ4v) is 7.13. The van der Waals surface area contributed by atoms with Crippen LogP contribution in [0.5, 0.6) is 5.75 Å². The van der Waals surface area contributed by atoms with Crippen LogP contribution in [0.15, 0.2) is 18.2 Å². The Labute approximate surface area is 247 Å². The lowest BCUT2D eigenvalue weighted by Crippen LogP contribution is -2.56. The van der Waals surface area contributed by atoms with Crippen LogP contribution in [-0.4, -0.2) is 85.0 Å². The van der Waals surface area contributed by atoms with Gasteiger partial charge in [0.2, 0.25) is 17.7 Å². The fraction of sp³-hybridized carbons (Fsp3) is 0.688. The molecule has 5 heterocycles. The summed E-state index contributed by atoms with van der Waals surface area (Å²) in [5, 5.41) is 5.66. The molecule has 42 heavy (non-hydrogen) atoms. The quantitative estimate of drug-likeness (QED) is 0.515. The van der Waals surface area contributed by atoms with Gasteiger partial charge in [-0.25, -0.2) is 0 Å².